The molecule has 12 heavy (non-hydrogen) atoms. The van der Waals surface area contributed by atoms with Crippen LogP contribution in [0.1, 0.15) is 18.1 Å². The summed E-state index contributed by atoms with van der Waals surface area (Å²) in [5.74, 6) is -0.141. The summed E-state index contributed by atoms with van der Waals surface area (Å²) in [4.78, 5) is 0. The first kappa shape index (κ1) is 11.4. The second kappa shape index (κ2) is 5.12. The van der Waals surface area contributed by atoms with Gasteiger partial charge >= 0.3 is 0 Å². The van der Waals surface area contributed by atoms with Gasteiger partial charge in [0.2, 0.25) is 0 Å². The SMILES string of the molecule is CCc1cccc(CN)c1F.Cl. The Balaban J connectivity index is 0.00000121. The van der Waals surface area contributed by atoms with E-state index in [9.17, 15) is 4.39 Å². The highest BCUT2D eigenvalue weighted by Gasteiger charge is 2.03. The van der Waals surface area contributed by atoms with Crippen molar-refractivity contribution in [1.82, 2.24) is 0 Å². The smallest absolute Gasteiger partial charge is 0.130 e. The lowest BCUT2D eigenvalue weighted by atomic mass is 10.1. The number of benzene rings is 1. The highest BCUT2D eigenvalue weighted by molar-refractivity contribution is 5.85. The maximum atomic E-state index is 13.2. The van der Waals surface area contributed by atoms with Crippen LogP contribution in [0.15, 0.2) is 18.2 Å². The Morgan fingerprint density at radius 3 is 2.42 bits per heavy atom. The van der Waals surface area contributed by atoms with Gasteiger partial charge in [-0.2, -0.15) is 0 Å². The highest BCUT2D eigenvalue weighted by atomic mass is 35.5. The molecule has 0 spiro atoms. The summed E-state index contributed by atoms with van der Waals surface area (Å²) in [6.07, 6.45) is 0.722. The number of halogens is 2. The van der Waals surface area contributed by atoms with E-state index >= 15 is 0 Å². The fraction of sp³-hybridized carbons (Fsp3) is 0.333. The average Bonchev–Trinajstić information content (AvgIpc) is 2.05. The van der Waals surface area contributed by atoms with Crippen LogP contribution in [0.2, 0.25) is 0 Å². The summed E-state index contributed by atoms with van der Waals surface area (Å²) in [6, 6.07) is 5.34. The van der Waals surface area contributed by atoms with Gasteiger partial charge in [-0.1, -0.05) is 25.1 Å². The Kier molecular flexibility index (Phi) is 4.86. The molecule has 0 aliphatic carbocycles. The molecule has 68 valence electrons. The molecule has 0 bridgehead atoms. The van der Waals surface area contributed by atoms with Crippen LogP contribution < -0.4 is 5.73 Å². The van der Waals surface area contributed by atoms with Gasteiger partial charge in [0.15, 0.2) is 0 Å². The quantitative estimate of drug-likeness (QED) is 0.759. The molecule has 0 radical (unpaired) electrons. The molecule has 3 heteroatoms. The first-order chi connectivity index (χ1) is 5.29. The Labute approximate surface area is 78.2 Å². The Morgan fingerprint density at radius 1 is 1.33 bits per heavy atom. The molecule has 0 aliphatic heterocycles. The van der Waals surface area contributed by atoms with E-state index in [1.54, 1.807) is 12.1 Å². The van der Waals surface area contributed by atoms with Crippen LogP contribution >= 0.6 is 12.4 Å². The molecule has 1 rings (SSSR count). The minimum absolute atomic E-state index is 0. The fourth-order valence-electron chi connectivity index (χ4n) is 1.06. The molecule has 0 amide bonds. The number of rotatable bonds is 2. The van der Waals surface area contributed by atoms with Gasteiger partial charge in [-0.05, 0) is 12.0 Å². The van der Waals surface area contributed by atoms with Crippen LogP contribution in [0.3, 0.4) is 0 Å². The van der Waals surface area contributed by atoms with Gasteiger partial charge in [0.25, 0.3) is 0 Å². The molecule has 1 aromatic carbocycles. The number of nitrogens with two attached hydrogens (primary N) is 1. The lowest BCUT2D eigenvalue weighted by Gasteiger charge is -2.03. The number of aryl methyl sites for hydroxylation is 1. The molecule has 0 fully saturated rings. The van der Waals surface area contributed by atoms with Crippen molar-refractivity contribution in [2.45, 2.75) is 19.9 Å². The van der Waals surface area contributed by atoms with E-state index in [4.69, 9.17) is 5.73 Å². The zero-order valence-corrected chi connectivity index (χ0v) is 7.83. The van der Waals surface area contributed by atoms with Gasteiger partial charge in [0.05, 0.1) is 0 Å². The third-order valence-corrected chi connectivity index (χ3v) is 1.76. The molecular weight excluding hydrogens is 177 g/mol. The van der Waals surface area contributed by atoms with Crippen LogP contribution in [0.5, 0.6) is 0 Å². The number of hydrogen-bond donors (Lipinski definition) is 1. The van der Waals surface area contributed by atoms with Crippen molar-refractivity contribution in [2.24, 2.45) is 5.73 Å². The van der Waals surface area contributed by atoms with E-state index in [1.165, 1.54) is 0 Å². The van der Waals surface area contributed by atoms with Crippen LogP contribution in [0.25, 0.3) is 0 Å². The molecule has 1 aromatic rings. The summed E-state index contributed by atoms with van der Waals surface area (Å²) in [5.41, 5.74) is 6.68. The molecule has 0 aromatic heterocycles. The van der Waals surface area contributed by atoms with Gasteiger partial charge in [-0.3, -0.25) is 0 Å². The van der Waals surface area contributed by atoms with Crippen molar-refractivity contribution in [1.29, 1.82) is 0 Å². The molecule has 0 atom stereocenters. The Bertz CT molecular complexity index is 228. The van der Waals surface area contributed by atoms with Crippen molar-refractivity contribution in [3.8, 4) is 0 Å². The lowest BCUT2D eigenvalue weighted by Crippen LogP contribution is -2.01. The highest BCUT2D eigenvalue weighted by Crippen LogP contribution is 2.12. The van der Waals surface area contributed by atoms with Crippen LogP contribution in [0, 0.1) is 5.82 Å². The lowest BCUT2D eigenvalue weighted by molar-refractivity contribution is 0.595. The van der Waals surface area contributed by atoms with Gasteiger partial charge < -0.3 is 5.73 Å². The van der Waals surface area contributed by atoms with Crippen molar-refractivity contribution >= 4 is 12.4 Å². The second-order valence-electron chi connectivity index (χ2n) is 2.45. The van der Waals surface area contributed by atoms with Crippen LogP contribution in [0.4, 0.5) is 4.39 Å². The zero-order chi connectivity index (χ0) is 8.27. The first-order valence-corrected chi connectivity index (χ1v) is 3.76. The van der Waals surface area contributed by atoms with Crippen molar-refractivity contribution in [3.63, 3.8) is 0 Å². The van der Waals surface area contributed by atoms with Crippen molar-refractivity contribution in [3.05, 3.63) is 35.1 Å². The largest absolute Gasteiger partial charge is 0.326 e. The minimum Gasteiger partial charge on any atom is -0.326 e. The van der Waals surface area contributed by atoms with E-state index in [-0.39, 0.29) is 24.8 Å². The average molecular weight is 190 g/mol. The zero-order valence-electron chi connectivity index (χ0n) is 7.01. The molecule has 0 unspecified atom stereocenters. The monoisotopic (exact) mass is 189 g/mol. The van der Waals surface area contributed by atoms with E-state index in [1.807, 2.05) is 13.0 Å². The van der Waals surface area contributed by atoms with Gasteiger partial charge in [-0.25, -0.2) is 4.39 Å². The maximum Gasteiger partial charge on any atom is 0.130 e. The fourth-order valence-corrected chi connectivity index (χ4v) is 1.06. The third-order valence-electron chi connectivity index (χ3n) is 1.76. The normalized spacial score (nSPS) is 9.25. The molecule has 0 heterocycles. The van der Waals surface area contributed by atoms with Crippen LogP contribution in [-0.4, -0.2) is 0 Å². The molecule has 0 saturated carbocycles. The second-order valence-corrected chi connectivity index (χ2v) is 2.45. The van der Waals surface area contributed by atoms with Gasteiger partial charge in [0.1, 0.15) is 5.82 Å². The van der Waals surface area contributed by atoms with Gasteiger partial charge in [0, 0.05) is 12.1 Å². The van der Waals surface area contributed by atoms with Crippen LogP contribution in [-0.2, 0) is 13.0 Å². The van der Waals surface area contributed by atoms with E-state index in [0.29, 0.717) is 5.56 Å². The Hall–Kier alpha value is -0.600. The van der Waals surface area contributed by atoms with Gasteiger partial charge in [-0.15, -0.1) is 12.4 Å². The summed E-state index contributed by atoms with van der Waals surface area (Å²) >= 11 is 0. The topological polar surface area (TPSA) is 26.0 Å². The van der Waals surface area contributed by atoms with E-state index in [0.717, 1.165) is 12.0 Å². The molecule has 0 aliphatic rings. The summed E-state index contributed by atoms with van der Waals surface area (Å²) < 4.78 is 13.2. The predicted octanol–water partition coefficient (Wildman–Crippen LogP) is 2.27. The summed E-state index contributed by atoms with van der Waals surface area (Å²) in [5, 5.41) is 0. The van der Waals surface area contributed by atoms with E-state index < -0.39 is 0 Å². The van der Waals surface area contributed by atoms with E-state index in [2.05, 4.69) is 0 Å². The van der Waals surface area contributed by atoms with Crippen molar-refractivity contribution < 1.29 is 4.39 Å². The standard InChI is InChI=1S/C9H12FN.ClH/c1-2-7-4-3-5-8(6-11)9(7)10;/h3-5H,2,6,11H2,1H3;1H. The Morgan fingerprint density at radius 2 is 1.92 bits per heavy atom. The maximum absolute atomic E-state index is 13.2. The first-order valence-electron chi connectivity index (χ1n) is 3.76. The molecular formula is C9H13ClFN. The molecule has 2 N–H and O–H groups in total. The summed E-state index contributed by atoms with van der Waals surface area (Å²) in [6.45, 7) is 2.21. The summed E-state index contributed by atoms with van der Waals surface area (Å²) in [7, 11) is 0. The number of hydrogen-bond acceptors (Lipinski definition) is 1. The van der Waals surface area contributed by atoms with Crippen molar-refractivity contribution in [2.75, 3.05) is 0 Å². The minimum atomic E-state index is -0.141. The third kappa shape index (κ3) is 2.19. The predicted molar refractivity (Wildman–Crippen MR) is 50.9 cm³/mol. The molecule has 1 nitrogen and oxygen atoms in total. The molecule has 0 saturated heterocycles.